The third-order valence-electron chi connectivity index (χ3n) is 3.41. The van der Waals surface area contributed by atoms with Gasteiger partial charge in [-0.2, -0.15) is 0 Å². The molecule has 1 amide bonds. The largest absolute Gasteiger partial charge is 0.481 e. The van der Waals surface area contributed by atoms with Crippen LogP contribution in [0.25, 0.3) is 0 Å². The Bertz CT molecular complexity index is 718. The number of amides is 1. The highest BCUT2D eigenvalue weighted by molar-refractivity contribution is 9.10. The molecule has 0 radical (unpaired) electrons. The summed E-state index contributed by atoms with van der Waals surface area (Å²) in [4.78, 5) is 23.1. The second-order valence-electron chi connectivity index (χ2n) is 5.38. The standard InChI is InChI=1S/C18H18BrNO4/c1-12-7-8-14(15(19)9-12)16(10-17(21)22)20-18(23)24-11-13-5-3-2-4-6-13/h2-9,16H,10-11H2,1H3,(H,20,23)(H,21,22)/t16-/m0/s1. The molecule has 0 heterocycles. The molecule has 0 saturated heterocycles. The molecule has 2 N–H and O–H groups in total. The monoisotopic (exact) mass is 391 g/mol. The van der Waals surface area contributed by atoms with Crippen LogP contribution in [0.15, 0.2) is 53.0 Å². The lowest BCUT2D eigenvalue weighted by Gasteiger charge is -2.19. The number of alkyl carbamates (subject to hydrolysis) is 1. The number of carboxylic acid groups (broad SMARTS) is 1. The molecule has 2 rings (SSSR count). The van der Waals surface area contributed by atoms with E-state index >= 15 is 0 Å². The van der Waals surface area contributed by atoms with Crippen LogP contribution in [-0.2, 0) is 16.1 Å². The summed E-state index contributed by atoms with van der Waals surface area (Å²) in [6, 6.07) is 14.1. The van der Waals surface area contributed by atoms with Gasteiger partial charge in [0.25, 0.3) is 0 Å². The average Bonchev–Trinajstić information content (AvgIpc) is 2.53. The molecule has 2 aromatic carbocycles. The number of rotatable bonds is 6. The maximum Gasteiger partial charge on any atom is 0.407 e. The normalized spacial score (nSPS) is 11.6. The van der Waals surface area contributed by atoms with E-state index < -0.39 is 18.1 Å². The van der Waals surface area contributed by atoms with Crippen LogP contribution in [0, 0.1) is 6.92 Å². The van der Waals surface area contributed by atoms with Crippen molar-refractivity contribution in [1.82, 2.24) is 5.32 Å². The molecule has 24 heavy (non-hydrogen) atoms. The molecule has 0 bridgehead atoms. The first-order valence-corrected chi connectivity index (χ1v) is 8.20. The van der Waals surface area contributed by atoms with E-state index in [0.29, 0.717) is 5.56 Å². The Morgan fingerprint density at radius 3 is 2.54 bits per heavy atom. The number of hydrogen-bond acceptors (Lipinski definition) is 3. The minimum atomic E-state index is -1.00. The number of halogens is 1. The molecule has 0 aliphatic heterocycles. The van der Waals surface area contributed by atoms with Gasteiger partial charge in [0.1, 0.15) is 6.61 Å². The molecular weight excluding hydrogens is 374 g/mol. The number of nitrogens with one attached hydrogen (secondary N) is 1. The van der Waals surface area contributed by atoms with Crippen molar-refractivity contribution < 1.29 is 19.4 Å². The van der Waals surface area contributed by atoms with Crippen LogP contribution in [0.3, 0.4) is 0 Å². The molecule has 0 aromatic heterocycles. The molecule has 6 heteroatoms. The predicted octanol–water partition coefficient (Wildman–Crippen LogP) is 4.20. The molecule has 2 aromatic rings. The fraction of sp³-hybridized carbons (Fsp3) is 0.222. The van der Waals surface area contributed by atoms with Gasteiger partial charge in [-0.05, 0) is 29.7 Å². The summed E-state index contributed by atoms with van der Waals surface area (Å²) in [7, 11) is 0. The quantitative estimate of drug-likeness (QED) is 0.773. The van der Waals surface area contributed by atoms with E-state index in [1.165, 1.54) is 0 Å². The van der Waals surface area contributed by atoms with Crippen molar-refractivity contribution in [2.45, 2.75) is 26.0 Å². The SMILES string of the molecule is Cc1ccc([C@H](CC(=O)O)NC(=O)OCc2ccccc2)c(Br)c1. The summed E-state index contributed by atoms with van der Waals surface area (Å²) in [5.41, 5.74) is 2.59. The van der Waals surface area contributed by atoms with Crippen LogP contribution in [0.5, 0.6) is 0 Å². The van der Waals surface area contributed by atoms with Crippen molar-refractivity contribution in [3.63, 3.8) is 0 Å². The Balaban J connectivity index is 2.05. The van der Waals surface area contributed by atoms with Gasteiger partial charge >= 0.3 is 12.1 Å². The van der Waals surface area contributed by atoms with Gasteiger partial charge in [0, 0.05) is 4.47 Å². The lowest BCUT2D eigenvalue weighted by atomic mass is 10.0. The summed E-state index contributed by atoms with van der Waals surface area (Å²) in [5, 5.41) is 11.7. The number of carboxylic acids is 1. The van der Waals surface area contributed by atoms with Gasteiger partial charge in [-0.1, -0.05) is 58.4 Å². The molecule has 5 nitrogen and oxygen atoms in total. The molecule has 0 spiro atoms. The number of aryl methyl sites for hydroxylation is 1. The predicted molar refractivity (Wildman–Crippen MR) is 93.6 cm³/mol. The summed E-state index contributed by atoms with van der Waals surface area (Å²) >= 11 is 3.42. The summed E-state index contributed by atoms with van der Waals surface area (Å²) in [6.45, 7) is 2.06. The Kier molecular flexibility index (Phi) is 6.37. The van der Waals surface area contributed by atoms with Gasteiger partial charge in [-0.25, -0.2) is 4.79 Å². The maximum atomic E-state index is 12.0. The number of carbonyl (C=O) groups excluding carboxylic acids is 1. The van der Waals surface area contributed by atoms with Crippen LogP contribution in [0.1, 0.15) is 29.2 Å². The van der Waals surface area contributed by atoms with Gasteiger partial charge in [-0.15, -0.1) is 0 Å². The highest BCUT2D eigenvalue weighted by atomic mass is 79.9. The van der Waals surface area contributed by atoms with Gasteiger partial charge in [0.2, 0.25) is 0 Å². The minimum Gasteiger partial charge on any atom is -0.481 e. The second kappa shape index (κ2) is 8.49. The van der Waals surface area contributed by atoms with Crippen molar-refractivity contribution in [1.29, 1.82) is 0 Å². The molecule has 0 aliphatic carbocycles. The summed E-state index contributed by atoms with van der Waals surface area (Å²) < 4.78 is 5.91. The van der Waals surface area contributed by atoms with Crippen LogP contribution in [0.4, 0.5) is 4.79 Å². The average molecular weight is 392 g/mol. The first kappa shape index (κ1) is 18.0. The van der Waals surface area contributed by atoms with E-state index in [-0.39, 0.29) is 13.0 Å². The fourth-order valence-electron chi connectivity index (χ4n) is 2.24. The molecular formula is C18H18BrNO4. The lowest BCUT2D eigenvalue weighted by molar-refractivity contribution is -0.137. The van der Waals surface area contributed by atoms with Gasteiger partial charge in [0.05, 0.1) is 12.5 Å². The molecule has 126 valence electrons. The molecule has 1 atom stereocenters. The Labute approximate surface area is 148 Å². The molecule has 0 aliphatic rings. The number of benzene rings is 2. The number of aliphatic carboxylic acids is 1. The van der Waals surface area contributed by atoms with E-state index in [1.54, 1.807) is 6.07 Å². The van der Waals surface area contributed by atoms with Crippen LogP contribution < -0.4 is 5.32 Å². The van der Waals surface area contributed by atoms with E-state index in [4.69, 9.17) is 9.84 Å². The number of hydrogen-bond donors (Lipinski definition) is 2. The van der Waals surface area contributed by atoms with Gasteiger partial charge in [-0.3, -0.25) is 4.79 Å². The third kappa shape index (κ3) is 5.38. The minimum absolute atomic E-state index is 0.127. The van der Waals surface area contributed by atoms with E-state index in [2.05, 4.69) is 21.2 Å². The smallest absolute Gasteiger partial charge is 0.407 e. The van der Waals surface area contributed by atoms with Crippen molar-refractivity contribution in [2.75, 3.05) is 0 Å². The molecule has 0 unspecified atom stereocenters. The zero-order valence-corrected chi connectivity index (χ0v) is 14.7. The third-order valence-corrected chi connectivity index (χ3v) is 4.10. The second-order valence-corrected chi connectivity index (χ2v) is 6.24. The van der Waals surface area contributed by atoms with Crippen LogP contribution in [-0.4, -0.2) is 17.2 Å². The van der Waals surface area contributed by atoms with Crippen molar-refractivity contribution in [2.24, 2.45) is 0 Å². The first-order valence-electron chi connectivity index (χ1n) is 7.41. The van der Waals surface area contributed by atoms with E-state index in [9.17, 15) is 9.59 Å². The molecule has 0 saturated carbocycles. The maximum absolute atomic E-state index is 12.0. The topological polar surface area (TPSA) is 75.6 Å². The lowest BCUT2D eigenvalue weighted by Crippen LogP contribution is -2.31. The Hall–Kier alpha value is -2.34. The summed E-state index contributed by atoms with van der Waals surface area (Å²) in [6.07, 6.45) is -0.889. The number of ether oxygens (including phenoxy) is 1. The van der Waals surface area contributed by atoms with Crippen LogP contribution >= 0.6 is 15.9 Å². The van der Waals surface area contributed by atoms with E-state index in [0.717, 1.165) is 15.6 Å². The van der Waals surface area contributed by atoms with Crippen molar-refractivity contribution in [3.8, 4) is 0 Å². The first-order chi connectivity index (χ1) is 11.5. The zero-order valence-electron chi connectivity index (χ0n) is 13.2. The van der Waals surface area contributed by atoms with E-state index in [1.807, 2.05) is 49.4 Å². The Morgan fingerprint density at radius 1 is 1.21 bits per heavy atom. The van der Waals surface area contributed by atoms with Crippen LogP contribution in [0.2, 0.25) is 0 Å². The fourth-order valence-corrected chi connectivity index (χ4v) is 3.00. The highest BCUT2D eigenvalue weighted by Gasteiger charge is 2.21. The molecule has 0 fully saturated rings. The van der Waals surface area contributed by atoms with Gasteiger partial charge in [0.15, 0.2) is 0 Å². The highest BCUT2D eigenvalue weighted by Crippen LogP contribution is 2.27. The van der Waals surface area contributed by atoms with Crippen molar-refractivity contribution in [3.05, 3.63) is 69.7 Å². The summed E-state index contributed by atoms with van der Waals surface area (Å²) in [5.74, 6) is -1.00. The van der Waals surface area contributed by atoms with Gasteiger partial charge < -0.3 is 15.2 Å². The zero-order chi connectivity index (χ0) is 17.5. The van der Waals surface area contributed by atoms with Crippen molar-refractivity contribution >= 4 is 28.0 Å². The number of carbonyl (C=O) groups is 2. The Morgan fingerprint density at radius 2 is 1.92 bits per heavy atom.